The zero-order valence-corrected chi connectivity index (χ0v) is 26.1. The number of nitrogens with zero attached hydrogens (tertiary/aromatic N) is 4. The average Bonchev–Trinajstić information content (AvgIpc) is 3.67. The number of methoxy groups -OCH3 is 1. The van der Waals surface area contributed by atoms with Crippen molar-refractivity contribution in [3.05, 3.63) is 76.3 Å². The molecule has 2 aliphatic heterocycles. The fourth-order valence-electron chi connectivity index (χ4n) is 6.47. The molecule has 0 spiro atoms. The molecule has 0 aliphatic carbocycles. The van der Waals surface area contributed by atoms with Crippen LogP contribution in [0, 0.1) is 11.6 Å². The highest BCUT2D eigenvalue weighted by Crippen LogP contribution is 2.47. The summed E-state index contributed by atoms with van der Waals surface area (Å²) in [5, 5.41) is 11.4. The molecule has 0 saturated carbocycles. The predicted octanol–water partition coefficient (Wildman–Crippen LogP) is 7.01. The Bertz CT molecular complexity index is 1870. The molecule has 3 aromatic heterocycles. The molecule has 0 amide bonds. The molecule has 5 aromatic rings. The number of rotatable bonds is 7. The zero-order chi connectivity index (χ0) is 30.5. The normalized spacial score (nSPS) is 18.4. The topological polar surface area (TPSA) is 64.4 Å². The van der Waals surface area contributed by atoms with Gasteiger partial charge in [-0.1, -0.05) is 12.1 Å². The van der Waals surface area contributed by atoms with Gasteiger partial charge < -0.3 is 14.8 Å². The van der Waals surface area contributed by atoms with E-state index in [1.165, 1.54) is 28.5 Å². The molecular weight excluding hydrogens is 580 g/mol. The molecule has 0 radical (unpaired) electrons. The van der Waals surface area contributed by atoms with Crippen LogP contribution in [0.2, 0.25) is 0 Å². The van der Waals surface area contributed by atoms with Crippen molar-refractivity contribution in [1.82, 2.24) is 25.0 Å². The smallest absolute Gasteiger partial charge is 0.137 e. The minimum Gasteiger partial charge on any atom is -0.490 e. The van der Waals surface area contributed by atoms with Gasteiger partial charge in [-0.3, -0.25) is 9.58 Å². The van der Waals surface area contributed by atoms with Crippen LogP contribution in [-0.4, -0.2) is 60.1 Å². The summed E-state index contributed by atoms with van der Waals surface area (Å²) >= 11 is 1.51. The molecule has 44 heavy (non-hydrogen) atoms. The number of benzene rings is 2. The molecule has 5 heterocycles. The molecule has 7 rings (SSSR count). The predicted molar refractivity (Wildman–Crippen MR) is 170 cm³/mol. The summed E-state index contributed by atoms with van der Waals surface area (Å²) in [7, 11) is 3.72. The summed E-state index contributed by atoms with van der Waals surface area (Å²) in [6.45, 7) is 7.28. The molecule has 2 atom stereocenters. The van der Waals surface area contributed by atoms with E-state index in [-0.39, 0.29) is 30.6 Å². The van der Waals surface area contributed by atoms with Gasteiger partial charge in [-0.2, -0.15) is 5.10 Å². The van der Waals surface area contributed by atoms with Crippen molar-refractivity contribution in [2.45, 2.75) is 38.9 Å². The molecular formula is C34H35F2N5O2S. The number of pyridine rings is 1. The Hall–Kier alpha value is -3.70. The van der Waals surface area contributed by atoms with E-state index in [2.05, 4.69) is 49.3 Å². The minimum absolute atomic E-state index is 0.106. The molecule has 0 fully saturated rings. The van der Waals surface area contributed by atoms with Gasteiger partial charge in [0, 0.05) is 65.6 Å². The standard InChI is InChI=1S/C34H35F2N5O2S/c1-19-28-18-27(39-41(28)11-9-37-19)33-31(30-26(36)16-23(35)17-29(30)43-13-12-42-4)34-25(8-14-44-34)32(38-33)22-5-6-24-20(2)40(3)10-7-21(24)15-22/h5-6,8,14-20,37H,7,9-13H2,1-4H3. The maximum absolute atomic E-state index is 16.0. The van der Waals surface area contributed by atoms with Gasteiger partial charge in [0.05, 0.1) is 30.1 Å². The first-order valence-electron chi connectivity index (χ1n) is 15.0. The Morgan fingerprint density at radius 3 is 2.70 bits per heavy atom. The number of likely N-dealkylation sites (N-methyl/N-ethyl adjacent to an activating group) is 1. The average molecular weight is 616 g/mol. The number of hydrogen-bond donors (Lipinski definition) is 1. The lowest BCUT2D eigenvalue weighted by Crippen LogP contribution is -2.31. The van der Waals surface area contributed by atoms with Crippen LogP contribution in [0.3, 0.4) is 0 Å². The van der Waals surface area contributed by atoms with Crippen molar-refractivity contribution in [2.24, 2.45) is 0 Å². The summed E-state index contributed by atoms with van der Waals surface area (Å²) in [5.41, 5.74) is 7.41. The van der Waals surface area contributed by atoms with Gasteiger partial charge in [0.15, 0.2) is 0 Å². The van der Waals surface area contributed by atoms with E-state index in [0.717, 1.165) is 59.2 Å². The number of thiophene rings is 1. The summed E-state index contributed by atoms with van der Waals surface area (Å²) in [6, 6.07) is 13.2. The van der Waals surface area contributed by atoms with E-state index < -0.39 is 11.6 Å². The lowest BCUT2D eigenvalue weighted by molar-refractivity contribution is 0.146. The lowest BCUT2D eigenvalue weighted by atomic mass is 9.90. The highest BCUT2D eigenvalue weighted by atomic mass is 32.1. The lowest BCUT2D eigenvalue weighted by Gasteiger charge is -2.32. The van der Waals surface area contributed by atoms with E-state index in [0.29, 0.717) is 23.0 Å². The second-order valence-electron chi connectivity index (χ2n) is 11.6. The van der Waals surface area contributed by atoms with Crippen molar-refractivity contribution < 1.29 is 18.3 Å². The maximum Gasteiger partial charge on any atom is 0.137 e. The molecule has 10 heteroatoms. The first kappa shape index (κ1) is 29.0. The highest BCUT2D eigenvalue weighted by Gasteiger charge is 2.29. The summed E-state index contributed by atoms with van der Waals surface area (Å²) < 4.78 is 44.5. The Morgan fingerprint density at radius 2 is 1.89 bits per heavy atom. The monoisotopic (exact) mass is 615 g/mol. The Morgan fingerprint density at radius 1 is 1.02 bits per heavy atom. The van der Waals surface area contributed by atoms with Crippen LogP contribution in [0.5, 0.6) is 5.75 Å². The van der Waals surface area contributed by atoms with E-state index in [1.807, 2.05) is 22.2 Å². The molecule has 0 saturated heterocycles. The van der Waals surface area contributed by atoms with E-state index in [9.17, 15) is 4.39 Å². The minimum atomic E-state index is -0.714. The van der Waals surface area contributed by atoms with Crippen LogP contribution in [0.25, 0.3) is 43.9 Å². The third kappa shape index (κ3) is 4.99. The second kappa shape index (κ2) is 11.7. The molecule has 0 bridgehead atoms. The van der Waals surface area contributed by atoms with E-state index in [1.54, 1.807) is 7.11 Å². The summed E-state index contributed by atoms with van der Waals surface area (Å²) in [5.74, 6) is -1.32. The van der Waals surface area contributed by atoms with Crippen molar-refractivity contribution in [3.63, 3.8) is 0 Å². The number of nitrogens with one attached hydrogen (secondary N) is 1. The summed E-state index contributed by atoms with van der Waals surface area (Å²) in [6.07, 6.45) is 0.962. The SMILES string of the molecule is COCCOc1cc(F)cc(F)c1-c1c(-c2cc3n(n2)CCNC3C)nc(-c2ccc3c(c2)CCN(C)C3C)c2ccsc12. The molecule has 7 nitrogen and oxygen atoms in total. The highest BCUT2D eigenvalue weighted by molar-refractivity contribution is 7.18. The van der Waals surface area contributed by atoms with Crippen molar-refractivity contribution in [1.29, 1.82) is 0 Å². The number of fused-ring (bicyclic) bond motifs is 3. The van der Waals surface area contributed by atoms with Crippen LogP contribution in [0.1, 0.15) is 42.8 Å². The van der Waals surface area contributed by atoms with Gasteiger partial charge in [0.2, 0.25) is 0 Å². The molecule has 1 N–H and O–H groups in total. The number of hydrogen-bond acceptors (Lipinski definition) is 7. The van der Waals surface area contributed by atoms with Crippen molar-refractivity contribution in [3.8, 4) is 39.5 Å². The van der Waals surface area contributed by atoms with Crippen LogP contribution in [-0.2, 0) is 17.7 Å². The van der Waals surface area contributed by atoms with Crippen molar-refractivity contribution >= 4 is 21.4 Å². The third-order valence-electron chi connectivity index (χ3n) is 8.95. The Kier molecular flexibility index (Phi) is 7.70. The van der Waals surface area contributed by atoms with Gasteiger partial charge in [-0.25, -0.2) is 13.8 Å². The fraction of sp³-hybridized carbons (Fsp3) is 0.353. The molecule has 2 aliphatic rings. The number of aromatic nitrogens is 3. The van der Waals surface area contributed by atoms with E-state index >= 15 is 4.39 Å². The zero-order valence-electron chi connectivity index (χ0n) is 25.3. The van der Waals surface area contributed by atoms with Gasteiger partial charge in [-0.15, -0.1) is 11.3 Å². The van der Waals surface area contributed by atoms with Crippen molar-refractivity contribution in [2.75, 3.05) is 40.5 Å². The van der Waals surface area contributed by atoms with Gasteiger partial charge in [-0.05, 0) is 62.0 Å². The van der Waals surface area contributed by atoms with E-state index in [4.69, 9.17) is 19.6 Å². The fourth-order valence-corrected chi connectivity index (χ4v) is 7.42. The van der Waals surface area contributed by atoms with Crippen LogP contribution < -0.4 is 10.1 Å². The first-order valence-corrected chi connectivity index (χ1v) is 15.9. The van der Waals surface area contributed by atoms with Gasteiger partial charge in [0.25, 0.3) is 0 Å². The summed E-state index contributed by atoms with van der Waals surface area (Å²) in [4.78, 5) is 7.67. The molecule has 228 valence electrons. The second-order valence-corrected chi connectivity index (χ2v) is 12.5. The molecule has 2 unspecified atom stereocenters. The largest absolute Gasteiger partial charge is 0.490 e. The number of ether oxygens (including phenoxy) is 2. The van der Waals surface area contributed by atoms with Gasteiger partial charge >= 0.3 is 0 Å². The first-order chi connectivity index (χ1) is 21.3. The Balaban J connectivity index is 1.49. The van der Waals surface area contributed by atoms with Crippen LogP contribution >= 0.6 is 11.3 Å². The maximum atomic E-state index is 16.0. The van der Waals surface area contributed by atoms with Crippen LogP contribution in [0.4, 0.5) is 8.78 Å². The van der Waals surface area contributed by atoms with Crippen LogP contribution in [0.15, 0.2) is 47.8 Å². The quantitative estimate of drug-likeness (QED) is 0.199. The third-order valence-corrected chi connectivity index (χ3v) is 9.89. The molecule has 2 aromatic carbocycles. The Labute approximate surface area is 259 Å². The number of halogens is 2. The van der Waals surface area contributed by atoms with Gasteiger partial charge in [0.1, 0.15) is 35.4 Å².